The average Bonchev–Trinajstić information content (AvgIpc) is 3.35. The van der Waals surface area contributed by atoms with Crippen LogP contribution in [-0.4, -0.2) is 110 Å². The summed E-state index contributed by atoms with van der Waals surface area (Å²) in [6, 6.07) is 26.3. The number of rotatable bonds is 14. The first kappa shape index (κ1) is 52.2. The Balaban J connectivity index is 0.000000255. The number of carbonyl (C=O) groups excluding carboxylic acids is 3. The highest BCUT2D eigenvalue weighted by Crippen LogP contribution is 2.46. The number of piperazine rings is 1. The Hall–Kier alpha value is -8.16. The van der Waals surface area contributed by atoms with Gasteiger partial charge in [-0.05, 0) is 81.4 Å². The Bertz CT molecular complexity index is 2690. The van der Waals surface area contributed by atoms with Crippen LogP contribution in [0.1, 0.15) is 62.4 Å². The van der Waals surface area contributed by atoms with Crippen LogP contribution in [0.5, 0.6) is 11.5 Å². The number of nitrogens with zero attached hydrogens (tertiary/aromatic N) is 4. The van der Waals surface area contributed by atoms with Crippen LogP contribution in [0.3, 0.4) is 0 Å². The average molecular weight is 987 g/mol. The maximum atomic E-state index is 15.3. The van der Waals surface area contributed by atoms with Gasteiger partial charge in [0.1, 0.15) is 23.0 Å². The highest BCUT2D eigenvalue weighted by molar-refractivity contribution is 6.02. The van der Waals surface area contributed by atoms with Gasteiger partial charge in [-0.2, -0.15) is 13.2 Å². The van der Waals surface area contributed by atoms with Crippen molar-refractivity contribution in [3.8, 4) is 11.5 Å². The number of guanidine groups is 1. The molecule has 2 aliphatic heterocycles. The van der Waals surface area contributed by atoms with E-state index in [-0.39, 0.29) is 47.2 Å². The molecule has 20 heteroatoms. The SMILES string of the molecule is CCOC(=O)C[C@H]1c2cccc(F)c2N=C(N2CCN(c3cccc(OC)c3)CC2)N1c1cc(C(F)(F)F)ccc1OC.Cc1ccc(C(=O)O[C@H](C(=O)O)[C@H](OC(=O)c2ccc(C)cc2)C(=O)O)cc1. The molecule has 0 aliphatic carbocycles. The Morgan fingerprint density at radius 3 is 1.77 bits per heavy atom. The van der Waals surface area contributed by atoms with E-state index >= 15 is 4.39 Å². The number of carboxylic acids is 2. The number of ether oxygens (including phenoxy) is 5. The topological polar surface area (TPSA) is 194 Å². The number of methoxy groups -OCH3 is 2. The largest absolute Gasteiger partial charge is 0.497 e. The molecule has 2 heterocycles. The number of aliphatic imine (C=N–C) groups is 1. The molecule has 7 rings (SSSR count). The van der Waals surface area contributed by atoms with E-state index in [1.165, 1.54) is 49.6 Å². The zero-order valence-electron chi connectivity index (χ0n) is 39.1. The van der Waals surface area contributed by atoms with Gasteiger partial charge in [0.2, 0.25) is 18.2 Å². The van der Waals surface area contributed by atoms with Crippen molar-refractivity contribution in [3.05, 3.63) is 148 Å². The number of fused-ring (bicyclic) bond motifs is 1. The lowest BCUT2D eigenvalue weighted by atomic mass is 9.96. The number of para-hydroxylation sites is 1. The smallest absolute Gasteiger partial charge is 0.416 e. The summed E-state index contributed by atoms with van der Waals surface area (Å²) in [5.74, 6) is -5.73. The molecule has 16 nitrogen and oxygen atoms in total. The van der Waals surface area contributed by atoms with Crippen molar-refractivity contribution in [3.63, 3.8) is 0 Å². The van der Waals surface area contributed by atoms with Crippen LogP contribution in [0.2, 0.25) is 0 Å². The maximum Gasteiger partial charge on any atom is 0.416 e. The number of alkyl halides is 3. The van der Waals surface area contributed by atoms with Gasteiger partial charge in [0.05, 0.1) is 55.7 Å². The van der Waals surface area contributed by atoms with E-state index in [0.717, 1.165) is 28.9 Å². The summed E-state index contributed by atoms with van der Waals surface area (Å²) < 4.78 is 82.8. The predicted molar refractivity (Wildman–Crippen MR) is 251 cm³/mol. The molecule has 3 atom stereocenters. The van der Waals surface area contributed by atoms with Crippen LogP contribution >= 0.6 is 0 Å². The number of hydrogen-bond acceptors (Lipinski definition) is 14. The van der Waals surface area contributed by atoms with E-state index < -0.39 is 65.7 Å². The Morgan fingerprint density at radius 2 is 1.27 bits per heavy atom. The van der Waals surface area contributed by atoms with Crippen molar-refractivity contribution in [1.29, 1.82) is 0 Å². The summed E-state index contributed by atoms with van der Waals surface area (Å²) in [5, 5.41) is 18.6. The van der Waals surface area contributed by atoms with E-state index in [9.17, 15) is 47.4 Å². The van der Waals surface area contributed by atoms with Crippen LogP contribution < -0.4 is 19.3 Å². The molecular weight excluding hydrogens is 937 g/mol. The zero-order valence-corrected chi connectivity index (χ0v) is 39.1. The molecule has 71 heavy (non-hydrogen) atoms. The molecule has 1 fully saturated rings. The summed E-state index contributed by atoms with van der Waals surface area (Å²) in [6.45, 7) is 7.29. The molecule has 5 aromatic rings. The number of hydrogen-bond donors (Lipinski definition) is 2. The lowest BCUT2D eigenvalue weighted by Gasteiger charge is -2.45. The highest BCUT2D eigenvalue weighted by atomic mass is 19.4. The highest BCUT2D eigenvalue weighted by Gasteiger charge is 2.42. The van der Waals surface area contributed by atoms with Gasteiger partial charge in [-0.15, -0.1) is 0 Å². The third kappa shape index (κ3) is 12.7. The standard InChI is InChI=1S/C31H32F4N4O4.C20H18O8/c1-4-43-28(40)19-25-23-9-6-10-24(32)29(23)36-30(39(25)26-17-20(31(33,34)35)11-12-27(26)42-3)38-15-13-37(14-16-38)21-7-5-8-22(18-21)41-2;1-11-3-7-13(8-4-11)19(25)27-15(17(21)22)16(18(23)24)28-20(26)14-9-5-12(2)6-10-14/h5-12,17-18,25H,4,13-16,19H2,1-3H3;3-10,15-16H,1-2H3,(H,21,22)(H,23,24)/t25-;15-,16-/m00/s1. The second kappa shape index (κ2) is 23.0. The summed E-state index contributed by atoms with van der Waals surface area (Å²) in [5.41, 5.74) is 2.29. The summed E-state index contributed by atoms with van der Waals surface area (Å²) in [7, 11) is 2.95. The number of anilines is 2. The van der Waals surface area contributed by atoms with Gasteiger partial charge in [-0.3, -0.25) is 4.79 Å². The number of aliphatic carboxylic acids is 2. The van der Waals surface area contributed by atoms with Crippen molar-refractivity contribution in [1.82, 2.24) is 4.90 Å². The van der Waals surface area contributed by atoms with Gasteiger partial charge in [0.25, 0.3) is 0 Å². The molecule has 0 bridgehead atoms. The number of benzene rings is 5. The number of halogens is 4. The molecule has 5 aromatic carbocycles. The summed E-state index contributed by atoms with van der Waals surface area (Å²) in [6.07, 6.45) is -9.34. The second-order valence-electron chi connectivity index (χ2n) is 16.1. The number of carboxylic acid groups (broad SMARTS) is 2. The quantitative estimate of drug-likeness (QED) is 0.0611. The lowest BCUT2D eigenvalue weighted by Crippen LogP contribution is -2.55. The minimum absolute atomic E-state index is 0.0317. The van der Waals surface area contributed by atoms with Gasteiger partial charge < -0.3 is 48.6 Å². The van der Waals surface area contributed by atoms with Gasteiger partial charge in [0.15, 0.2) is 0 Å². The fraction of sp³-hybridized carbons (Fsp3) is 0.294. The number of carbonyl (C=O) groups is 5. The first-order chi connectivity index (χ1) is 33.8. The van der Waals surface area contributed by atoms with Crippen molar-refractivity contribution in [2.75, 3.05) is 56.8 Å². The molecule has 0 spiro atoms. The Kier molecular flexibility index (Phi) is 16.9. The summed E-state index contributed by atoms with van der Waals surface area (Å²) in [4.78, 5) is 70.5. The van der Waals surface area contributed by atoms with E-state index in [1.54, 1.807) is 63.1 Å². The van der Waals surface area contributed by atoms with E-state index in [4.69, 9.17) is 23.7 Å². The number of aryl methyl sites for hydroxylation is 2. The molecule has 0 amide bonds. The van der Waals surface area contributed by atoms with Crippen LogP contribution in [0.4, 0.5) is 34.6 Å². The van der Waals surface area contributed by atoms with Gasteiger partial charge in [0, 0.05) is 43.5 Å². The van der Waals surface area contributed by atoms with Crippen LogP contribution in [0.15, 0.2) is 114 Å². The monoisotopic (exact) mass is 986 g/mol. The van der Waals surface area contributed by atoms with Crippen molar-refractivity contribution in [2.24, 2.45) is 4.99 Å². The van der Waals surface area contributed by atoms with Crippen molar-refractivity contribution >= 4 is 52.9 Å². The second-order valence-corrected chi connectivity index (χ2v) is 16.1. The third-order valence-corrected chi connectivity index (χ3v) is 11.3. The van der Waals surface area contributed by atoms with Crippen molar-refractivity contribution in [2.45, 2.75) is 51.6 Å². The van der Waals surface area contributed by atoms with Crippen LogP contribution in [0, 0.1) is 19.7 Å². The molecule has 374 valence electrons. The summed E-state index contributed by atoms with van der Waals surface area (Å²) >= 11 is 0. The molecule has 2 N–H and O–H groups in total. The molecular formula is C51H50F4N4O12. The minimum atomic E-state index is -4.64. The first-order valence-corrected chi connectivity index (χ1v) is 22.1. The first-order valence-electron chi connectivity index (χ1n) is 22.1. The number of esters is 3. The van der Waals surface area contributed by atoms with Crippen LogP contribution in [0.25, 0.3) is 0 Å². The van der Waals surface area contributed by atoms with Gasteiger partial charge in [-0.25, -0.2) is 28.6 Å². The lowest BCUT2D eigenvalue weighted by molar-refractivity contribution is -0.166. The van der Waals surface area contributed by atoms with Crippen molar-refractivity contribution < 1.29 is 75.4 Å². The third-order valence-electron chi connectivity index (χ3n) is 11.3. The Labute approximate surface area is 405 Å². The minimum Gasteiger partial charge on any atom is -0.497 e. The fourth-order valence-electron chi connectivity index (χ4n) is 7.68. The molecule has 0 saturated carbocycles. The fourth-order valence-corrected chi connectivity index (χ4v) is 7.68. The molecule has 2 aliphatic rings. The van der Waals surface area contributed by atoms with E-state index in [0.29, 0.717) is 37.5 Å². The normalized spacial score (nSPS) is 15.1. The van der Waals surface area contributed by atoms with E-state index in [1.807, 2.05) is 29.2 Å². The molecule has 0 unspecified atom stereocenters. The predicted octanol–water partition coefficient (Wildman–Crippen LogP) is 8.41. The Morgan fingerprint density at radius 1 is 0.718 bits per heavy atom. The van der Waals surface area contributed by atoms with E-state index in [2.05, 4.69) is 9.89 Å². The maximum absolute atomic E-state index is 15.3. The van der Waals surface area contributed by atoms with Crippen LogP contribution in [-0.2, 0) is 34.8 Å². The molecule has 1 saturated heterocycles. The zero-order chi connectivity index (χ0) is 51.6. The van der Waals surface area contributed by atoms with Gasteiger partial charge in [-0.1, -0.05) is 53.6 Å². The molecule has 0 radical (unpaired) electrons. The van der Waals surface area contributed by atoms with Gasteiger partial charge >= 0.3 is 36.0 Å². The molecule has 0 aromatic heterocycles.